The van der Waals surface area contributed by atoms with Crippen LogP contribution >= 0.6 is 27.5 Å². The van der Waals surface area contributed by atoms with Crippen LogP contribution in [0.25, 0.3) is 0 Å². The molecule has 2 unspecified atom stereocenters. The minimum Gasteiger partial charge on any atom is -0.392 e. The molecule has 2 nitrogen and oxygen atoms in total. The van der Waals surface area contributed by atoms with Crippen LogP contribution in [0.3, 0.4) is 0 Å². The Bertz CT molecular complexity index is 422. The lowest BCUT2D eigenvalue weighted by Gasteiger charge is -2.49. The third-order valence-electron chi connectivity index (χ3n) is 3.75. The molecular formula is C13H17BrClNO. The second kappa shape index (κ2) is 4.88. The summed E-state index contributed by atoms with van der Waals surface area (Å²) in [5.41, 5.74) is 1.17. The maximum Gasteiger partial charge on any atom is 0.0621 e. The standard InChI is InChI=1S/C13H17BrClNO/c1-13(2)11(6-12(13)17)16-7-8-3-4-10(15)9(14)5-8/h3-5,11-12,16-17H,6-7H2,1-2H3. The van der Waals surface area contributed by atoms with Gasteiger partial charge >= 0.3 is 0 Å². The Labute approximate surface area is 115 Å². The first kappa shape index (κ1) is 13.3. The summed E-state index contributed by atoms with van der Waals surface area (Å²) in [4.78, 5) is 0. The highest BCUT2D eigenvalue weighted by Crippen LogP contribution is 2.40. The minimum absolute atomic E-state index is 0.0241. The van der Waals surface area contributed by atoms with Crippen molar-refractivity contribution in [1.82, 2.24) is 5.32 Å². The molecule has 0 spiro atoms. The van der Waals surface area contributed by atoms with Crippen LogP contribution in [-0.4, -0.2) is 17.3 Å². The van der Waals surface area contributed by atoms with Crippen LogP contribution in [0.15, 0.2) is 22.7 Å². The number of nitrogens with one attached hydrogen (secondary N) is 1. The largest absolute Gasteiger partial charge is 0.392 e. The number of rotatable bonds is 3. The second-order valence-electron chi connectivity index (χ2n) is 5.25. The third-order valence-corrected chi connectivity index (χ3v) is 4.97. The number of aliphatic hydroxyl groups excluding tert-OH is 1. The van der Waals surface area contributed by atoms with Crippen LogP contribution < -0.4 is 5.32 Å². The molecule has 4 heteroatoms. The van der Waals surface area contributed by atoms with E-state index in [2.05, 4.69) is 35.1 Å². The summed E-state index contributed by atoms with van der Waals surface area (Å²) in [7, 11) is 0. The number of aliphatic hydroxyl groups is 1. The van der Waals surface area contributed by atoms with Crippen molar-refractivity contribution in [2.75, 3.05) is 0 Å². The van der Waals surface area contributed by atoms with Crippen molar-refractivity contribution in [2.24, 2.45) is 5.41 Å². The Morgan fingerprint density at radius 1 is 1.53 bits per heavy atom. The predicted molar refractivity (Wildman–Crippen MR) is 74.2 cm³/mol. The topological polar surface area (TPSA) is 32.3 Å². The lowest BCUT2D eigenvalue weighted by Crippen LogP contribution is -2.59. The molecular weight excluding hydrogens is 302 g/mol. The summed E-state index contributed by atoms with van der Waals surface area (Å²) in [6, 6.07) is 6.32. The maximum atomic E-state index is 9.66. The monoisotopic (exact) mass is 317 g/mol. The van der Waals surface area contributed by atoms with Crippen molar-refractivity contribution < 1.29 is 5.11 Å². The molecule has 1 aromatic carbocycles. The molecule has 0 aromatic heterocycles. The first-order valence-corrected chi connectivity index (χ1v) is 6.93. The highest BCUT2D eigenvalue weighted by molar-refractivity contribution is 9.10. The lowest BCUT2D eigenvalue weighted by molar-refractivity contribution is -0.0729. The summed E-state index contributed by atoms with van der Waals surface area (Å²) in [6.07, 6.45) is 0.652. The van der Waals surface area contributed by atoms with Gasteiger partial charge in [-0.3, -0.25) is 0 Å². The van der Waals surface area contributed by atoms with Crippen molar-refractivity contribution >= 4 is 27.5 Å². The fourth-order valence-electron chi connectivity index (χ4n) is 2.14. The maximum absolute atomic E-state index is 9.66. The van der Waals surface area contributed by atoms with Crippen LogP contribution in [0.2, 0.25) is 5.02 Å². The van der Waals surface area contributed by atoms with Gasteiger partial charge in [-0.15, -0.1) is 0 Å². The molecule has 1 aliphatic rings. The van der Waals surface area contributed by atoms with Gasteiger partial charge in [-0.25, -0.2) is 0 Å². The van der Waals surface area contributed by atoms with Crippen LogP contribution in [0.1, 0.15) is 25.8 Å². The van der Waals surface area contributed by atoms with Crippen molar-refractivity contribution in [3.63, 3.8) is 0 Å². The van der Waals surface area contributed by atoms with Gasteiger partial charge in [0.05, 0.1) is 11.1 Å². The summed E-state index contributed by atoms with van der Waals surface area (Å²) in [5, 5.41) is 13.9. The number of benzene rings is 1. The van der Waals surface area contributed by atoms with E-state index in [-0.39, 0.29) is 11.5 Å². The summed E-state index contributed by atoms with van der Waals surface area (Å²) in [6.45, 7) is 4.99. The van der Waals surface area contributed by atoms with Gasteiger partial charge < -0.3 is 10.4 Å². The van der Waals surface area contributed by atoms with Gasteiger partial charge in [0.1, 0.15) is 0 Å². The summed E-state index contributed by atoms with van der Waals surface area (Å²) < 4.78 is 0.923. The minimum atomic E-state index is -0.183. The van der Waals surface area contributed by atoms with Crippen molar-refractivity contribution in [3.05, 3.63) is 33.3 Å². The normalized spacial score (nSPS) is 26.6. The van der Waals surface area contributed by atoms with Gasteiger partial charge in [-0.1, -0.05) is 31.5 Å². The molecule has 0 saturated heterocycles. The van der Waals surface area contributed by atoms with E-state index in [9.17, 15) is 5.11 Å². The van der Waals surface area contributed by atoms with Crippen LogP contribution in [-0.2, 0) is 6.54 Å². The quantitative estimate of drug-likeness (QED) is 0.896. The Morgan fingerprint density at radius 3 is 2.76 bits per heavy atom. The molecule has 2 N–H and O–H groups in total. The molecule has 0 heterocycles. The molecule has 0 aliphatic heterocycles. The predicted octanol–water partition coefficient (Wildman–Crippen LogP) is 3.35. The number of hydrogen-bond acceptors (Lipinski definition) is 2. The van der Waals surface area contributed by atoms with Crippen molar-refractivity contribution in [3.8, 4) is 0 Å². The number of halogens is 2. The summed E-state index contributed by atoms with van der Waals surface area (Å²) in [5.74, 6) is 0. The van der Waals surface area contributed by atoms with Crippen LogP contribution in [0.4, 0.5) is 0 Å². The molecule has 0 radical (unpaired) electrons. The summed E-state index contributed by atoms with van der Waals surface area (Å²) >= 11 is 9.36. The van der Waals surface area contributed by atoms with Crippen molar-refractivity contribution in [1.29, 1.82) is 0 Å². The second-order valence-corrected chi connectivity index (χ2v) is 6.52. The van der Waals surface area contributed by atoms with Gasteiger partial charge in [0.25, 0.3) is 0 Å². The van der Waals surface area contributed by atoms with Gasteiger partial charge in [0.15, 0.2) is 0 Å². The van der Waals surface area contributed by atoms with E-state index in [1.165, 1.54) is 5.56 Å². The highest BCUT2D eigenvalue weighted by atomic mass is 79.9. The van der Waals surface area contributed by atoms with E-state index in [1.807, 2.05) is 18.2 Å². The molecule has 0 amide bonds. The smallest absolute Gasteiger partial charge is 0.0621 e. The molecule has 1 aromatic rings. The Hall–Kier alpha value is -0.0900. The Morgan fingerprint density at radius 2 is 2.24 bits per heavy atom. The van der Waals surface area contributed by atoms with E-state index in [0.717, 1.165) is 22.5 Å². The Balaban J connectivity index is 1.93. The molecule has 94 valence electrons. The third kappa shape index (κ3) is 2.68. The van der Waals surface area contributed by atoms with Crippen LogP contribution in [0, 0.1) is 5.41 Å². The van der Waals surface area contributed by atoms with E-state index < -0.39 is 0 Å². The molecule has 2 atom stereocenters. The van der Waals surface area contributed by atoms with Gasteiger partial charge in [0, 0.05) is 22.5 Å². The molecule has 2 rings (SSSR count). The molecule has 17 heavy (non-hydrogen) atoms. The van der Waals surface area contributed by atoms with Gasteiger partial charge in [-0.05, 0) is 40.0 Å². The van der Waals surface area contributed by atoms with E-state index in [4.69, 9.17) is 11.6 Å². The molecule has 1 fully saturated rings. The van der Waals surface area contributed by atoms with E-state index in [0.29, 0.717) is 6.04 Å². The van der Waals surface area contributed by atoms with E-state index in [1.54, 1.807) is 0 Å². The zero-order valence-electron chi connectivity index (χ0n) is 10.0. The average Bonchev–Trinajstić information content (AvgIpc) is 2.28. The molecule has 0 bridgehead atoms. The Kier molecular flexibility index (Phi) is 3.83. The fraction of sp³-hybridized carbons (Fsp3) is 0.538. The van der Waals surface area contributed by atoms with Gasteiger partial charge in [-0.2, -0.15) is 0 Å². The SMILES string of the molecule is CC1(C)C(O)CC1NCc1ccc(Cl)c(Br)c1. The molecule has 1 saturated carbocycles. The lowest BCUT2D eigenvalue weighted by atomic mass is 9.64. The fourth-order valence-corrected chi connectivity index (χ4v) is 2.68. The highest BCUT2D eigenvalue weighted by Gasteiger charge is 2.46. The zero-order chi connectivity index (χ0) is 12.6. The number of hydrogen-bond donors (Lipinski definition) is 2. The molecule has 1 aliphatic carbocycles. The first-order valence-electron chi connectivity index (χ1n) is 5.76. The van der Waals surface area contributed by atoms with Crippen molar-refractivity contribution in [2.45, 2.75) is 39.0 Å². The van der Waals surface area contributed by atoms with Crippen LogP contribution in [0.5, 0.6) is 0 Å². The first-order chi connectivity index (χ1) is 7.91. The van der Waals surface area contributed by atoms with E-state index >= 15 is 0 Å². The van der Waals surface area contributed by atoms with Gasteiger partial charge in [0.2, 0.25) is 0 Å². The average molecular weight is 319 g/mol. The zero-order valence-corrected chi connectivity index (χ0v) is 12.3.